The minimum atomic E-state index is 0.281. The zero-order valence-electron chi connectivity index (χ0n) is 12.1. The standard InChI is InChI=1S/C13H28N4O/c1-4-16(9-5-8-15(2)3)12-13(18)17-10-6-14-7-11-17/h14H,4-12H2,1-3H3. The zero-order valence-corrected chi connectivity index (χ0v) is 12.1. The van der Waals surface area contributed by atoms with Gasteiger partial charge >= 0.3 is 0 Å². The van der Waals surface area contributed by atoms with Crippen molar-refractivity contribution in [2.45, 2.75) is 13.3 Å². The second kappa shape index (κ2) is 8.45. The molecule has 1 rings (SSSR count). The summed E-state index contributed by atoms with van der Waals surface area (Å²) in [6.07, 6.45) is 1.12. The van der Waals surface area contributed by atoms with Crippen molar-refractivity contribution in [1.29, 1.82) is 0 Å². The highest BCUT2D eigenvalue weighted by atomic mass is 16.2. The Morgan fingerprint density at radius 1 is 1.22 bits per heavy atom. The van der Waals surface area contributed by atoms with Gasteiger partial charge in [0, 0.05) is 26.2 Å². The number of amides is 1. The van der Waals surface area contributed by atoms with Crippen LogP contribution in [0.5, 0.6) is 0 Å². The van der Waals surface area contributed by atoms with Gasteiger partial charge < -0.3 is 15.1 Å². The van der Waals surface area contributed by atoms with Gasteiger partial charge in [0.15, 0.2) is 0 Å². The van der Waals surface area contributed by atoms with Crippen LogP contribution < -0.4 is 5.32 Å². The number of hydrogen-bond acceptors (Lipinski definition) is 4. The number of rotatable bonds is 7. The molecule has 1 aliphatic rings. The van der Waals surface area contributed by atoms with Crippen LogP contribution in [0.2, 0.25) is 0 Å². The monoisotopic (exact) mass is 256 g/mol. The van der Waals surface area contributed by atoms with Crippen molar-refractivity contribution < 1.29 is 4.79 Å². The maximum atomic E-state index is 12.1. The Balaban J connectivity index is 2.25. The van der Waals surface area contributed by atoms with Gasteiger partial charge in [-0.05, 0) is 40.2 Å². The summed E-state index contributed by atoms with van der Waals surface area (Å²) in [7, 11) is 4.17. The number of likely N-dealkylation sites (N-methyl/N-ethyl adjacent to an activating group) is 1. The quantitative estimate of drug-likeness (QED) is 0.678. The van der Waals surface area contributed by atoms with Gasteiger partial charge in [-0.2, -0.15) is 0 Å². The molecule has 0 aromatic rings. The lowest BCUT2D eigenvalue weighted by Gasteiger charge is -2.30. The van der Waals surface area contributed by atoms with E-state index in [9.17, 15) is 4.79 Å². The Kier molecular flexibility index (Phi) is 7.23. The highest BCUT2D eigenvalue weighted by Gasteiger charge is 2.18. The van der Waals surface area contributed by atoms with Crippen molar-refractivity contribution in [3.63, 3.8) is 0 Å². The molecule has 1 amide bonds. The average Bonchev–Trinajstić information content (AvgIpc) is 2.38. The van der Waals surface area contributed by atoms with E-state index in [-0.39, 0.29) is 5.91 Å². The van der Waals surface area contributed by atoms with Gasteiger partial charge in [-0.25, -0.2) is 0 Å². The molecule has 1 N–H and O–H groups in total. The summed E-state index contributed by atoms with van der Waals surface area (Å²) in [6, 6.07) is 0. The minimum absolute atomic E-state index is 0.281. The number of piperazine rings is 1. The second-order valence-corrected chi connectivity index (χ2v) is 5.16. The summed E-state index contributed by atoms with van der Waals surface area (Å²) in [6.45, 7) is 9.31. The third kappa shape index (κ3) is 5.80. The summed E-state index contributed by atoms with van der Waals surface area (Å²) in [4.78, 5) is 18.5. The lowest BCUT2D eigenvalue weighted by atomic mass is 10.3. The molecule has 0 aromatic carbocycles. The Labute approximate surface area is 111 Å². The second-order valence-electron chi connectivity index (χ2n) is 5.16. The van der Waals surface area contributed by atoms with Crippen LogP contribution in [0, 0.1) is 0 Å². The predicted molar refractivity (Wildman–Crippen MR) is 74.7 cm³/mol. The molecular formula is C13H28N4O. The molecule has 1 aliphatic heterocycles. The normalized spacial score (nSPS) is 16.6. The molecule has 0 bridgehead atoms. The van der Waals surface area contributed by atoms with Crippen LogP contribution in [0.3, 0.4) is 0 Å². The van der Waals surface area contributed by atoms with Crippen LogP contribution >= 0.6 is 0 Å². The van der Waals surface area contributed by atoms with Gasteiger partial charge in [0.25, 0.3) is 0 Å². The van der Waals surface area contributed by atoms with Crippen molar-refractivity contribution in [1.82, 2.24) is 20.0 Å². The van der Waals surface area contributed by atoms with Crippen molar-refractivity contribution in [3.8, 4) is 0 Å². The van der Waals surface area contributed by atoms with Crippen molar-refractivity contribution in [2.24, 2.45) is 0 Å². The number of carbonyl (C=O) groups excluding carboxylic acids is 1. The van der Waals surface area contributed by atoms with Crippen molar-refractivity contribution >= 4 is 5.91 Å². The third-order valence-electron chi connectivity index (χ3n) is 3.36. The van der Waals surface area contributed by atoms with Gasteiger partial charge in [-0.1, -0.05) is 6.92 Å². The molecule has 0 radical (unpaired) electrons. The first kappa shape index (κ1) is 15.4. The first-order chi connectivity index (χ1) is 8.63. The largest absolute Gasteiger partial charge is 0.339 e. The first-order valence-electron chi connectivity index (χ1n) is 6.99. The average molecular weight is 256 g/mol. The maximum absolute atomic E-state index is 12.1. The van der Waals surface area contributed by atoms with E-state index in [0.717, 1.165) is 52.2 Å². The van der Waals surface area contributed by atoms with E-state index in [0.29, 0.717) is 6.54 Å². The summed E-state index contributed by atoms with van der Waals surface area (Å²) >= 11 is 0. The molecule has 0 aliphatic carbocycles. The van der Waals surface area contributed by atoms with Crippen LogP contribution in [0.4, 0.5) is 0 Å². The number of nitrogens with one attached hydrogen (secondary N) is 1. The molecule has 5 heteroatoms. The fraction of sp³-hybridized carbons (Fsp3) is 0.923. The van der Waals surface area contributed by atoms with Crippen LogP contribution in [-0.4, -0.2) is 87.1 Å². The molecule has 18 heavy (non-hydrogen) atoms. The summed E-state index contributed by atoms with van der Waals surface area (Å²) in [5, 5.41) is 3.27. The van der Waals surface area contributed by atoms with E-state index < -0.39 is 0 Å². The fourth-order valence-electron chi connectivity index (χ4n) is 2.17. The summed E-state index contributed by atoms with van der Waals surface area (Å²) < 4.78 is 0. The fourth-order valence-corrected chi connectivity index (χ4v) is 2.17. The predicted octanol–water partition coefficient (Wildman–Crippen LogP) is -0.308. The summed E-state index contributed by atoms with van der Waals surface area (Å²) in [5.41, 5.74) is 0. The molecule has 0 saturated carbocycles. The molecule has 1 saturated heterocycles. The number of nitrogens with zero attached hydrogens (tertiary/aromatic N) is 3. The van der Waals surface area contributed by atoms with E-state index in [1.807, 2.05) is 4.90 Å². The van der Waals surface area contributed by atoms with Crippen molar-refractivity contribution in [3.05, 3.63) is 0 Å². The highest BCUT2D eigenvalue weighted by Crippen LogP contribution is 1.98. The van der Waals surface area contributed by atoms with Gasteiger partial charge in [-0.15, -0.1) is 0 Å². The zero-order chi connectivity index (χ0) is 13.4. The molecule has 106 valence electrons. The summed E-state index contributed by atoms with van der Waals surface area (Å²) in [5.74, 6) is 0.281. The van der Waals surface area contributed by atoms with Crippen LogP contribution in [0.1, 0.15) is 13.3 Å². The van der Waals surface area contributed by atoms with Gasteiger partial charge in [-0.3, -0.25) is 9.69 Å². The molecule has 0 aromatic heterocycles. The number of hydrogen-bond donors (Lipinski definition) is 1. The molecule has 1 heterocycles. The molecule has 0 atom stereocenters. The van der Waals surface area contributed by atoms with Crippen LogP contribution in [0.15, 0.2) is 0 Å². The van der Waals surface area contributed by atoms with Crippen LogP contribution in [-0.2, 0) is 4.79 Å². The van der Waals surface area contributed by atoms with E-state index in [1.165, 1.54) is 0 Å². The Morgan fingerprint density at radius 2 is 1.89 bits per heavy atom. The SMILES string of the molecule is CCN(CCCN(C)C)CC(=O)N1CCNCC1. The van der Waals surface area contributed by atoms with Crippen molar-refractivity contribution in [2.75, 3.05) is 66.5 Å². The smallest absolute Gasteiger partial charge is 0.236 e. The van der Waals surface area contributed by atoms with E-state index in [1.54, 1.807) is 0 Å². The molecule has 5 nitrogen and oxygen atoms in total. The lowest BCUT2D eigenvalue weighted by Crippen LogP contribution is -2.49. The van der Waals surface area contributed by atoms with Gasteiger partial charge in [0.1, 0.15) is 0 Å². The van der Waals surface area contributed by atoms with Gasteiger partial charge in [0.2, 0.25) is 5.91 Å². The highest BCUT2D eigenvalue weighted by molar-refractivity contribution is 5.78. The topological polar surface area (TPSA) is 38.8 Å². The van der Waals surface area contributed by atoms with E-state index in [4.69, 9.17) is 0 Å². The molecular weight excluding hydrogens is 228 g/mol. The maximum Gasteiger partial charge on any atom is 0.236 e. The van der Waals surface area contributed by atoms with Crippen LogP contribution in [0.25, 0.3) is 0 Å². The lowest BCUT2D eigenvalue weighted by molar-refractivity contribution is -0.133. The minimum Gasteiger partial charge on any atom is -0.339 e. The molecule has 1 fully saturated rings. The molecule has 0 unspecified atom stereocenters. The Morgan fingerprint density at radius 3 is 2.44 bits per heavy atom. The first-order valence-corrected chi connectivity index (χ1v) is 6.99. The van der Waals surface area contributed by atoms with Gasteiger partial charge in [0.05, 0.1) is 6.54 Å². The molecule has 0 spiro atoms. The van der Waals surface area contributed by atoms with E-state index >= 15 is 0 Å². The Hall–Kier alpha value is -0.650. The Bertz CT molecular complexity index is 239. The van der Waals surface area contributed by atoms with E-state index in [2.05, 4.69) is 36.1 Å². The number of carbonyl (C=O) groups is 1. The third-order valence-corrected chi connectivity index (χ3v) is 3.36.